The van der Waals surface area contributed by atoms with Gasteiger partial charge in [-0.05, 0) is 104 Å². The van der Waals surface area contributed by atoms with Crippen LogP contribution in [0.3, 0.4) is 0 Å². The summed E-state index contributed by atoms with van der Waals surface area (Å²) in [5.74, 6) is -0.403. The zero-order valence-corrected chi connectivity index (χ0v) is 18.9. The molecule has 4 saturated carbocycles. The summed E-state index contributed by atoms with van der Waals surface area (Å²) in [7, 11) is 0. The zero-order chi connectivity index (χ0) is 25.2. The lowest BCUT2D eigenvalue weighted by Gasteiger charge is -2.64. The molecule has 4 fully saturated rings. The molecule has 172 valence electrons. The first-order valence-corrected chi connectivity index (χ1v) is 12.2. The summed E-state index contributed by atoms with van der Waals surface area (Å²) in [6.07, 6.45) is 4.14. The van der Waals surface area contributed by atoms with E-state index in [1.165, 1.54) is 0 Å². The molecule has 4 aliphatic carbocycles. The Kier molecular flexibility index (Phi) is 4.81. The Balaban J connectivity index is 1.68. The molecule has 12 atom stereocenters. The Morgan fingerprint density at radius 2 is 1.80 bits per heavy atom. The average Bonchev–Trinajstić information content (AvgIpc) is 3.09. The molecule has 4 unspecified atom stereocenters. The van der Waals surface area contributed by atoms with Crippen molar-refractivity contribution in [3.63, 3.8) is 0 Å². The second-order valence-corrected chi connectivity index (χ2v) is 11.7. The highest BCUT2D eigenvalue weighted by molar-refractivity contribution is 5.66. The number of carboxylic acid groups (broad SMARTS) is 1. The molecule has 30 heavy (non-hydrogen) atoms. The third kappa shape index (κ3) is 3.36. The largest absolute Gasteiger partial charge is 0.481 e. The van der Waals surface area contributed by atoms with Crippen molar-refractivity contribution in [1.29, 1.82) is 0 Å². The number of fused-ring (bicyclic) bond motifs is 5. The van der Waals surface area contributed by atoms with E-state index in [2.05, 4.69) is 20.8 Å². The van der Waals surface area contributed by atoms with Gasteiger partial charge in [0.25, 0.3) is 0 Å². The number of hydrogen-bond acceptors (Lipinski definition) is 3. The molecule has 0 heterocycles. The molecule has 4 rings (SSSR count). The first-order valence-electron chi connectivity index (χ1n) is 14.3. The van der Waals surface area contributed by atoms with E-state index >= 15 is 0 Å². The molecule has 3 N–H and O–H groups in total. The standard InChI is InChI=1S/C26H44O4/c1-5-17-21-14-16(27)10-12-26(21,4)20-11-13-25(3)18(15(2)6-9-22(28)29)7-8-19(25)23(20)24(17)30/h15-21,23-24,27,30H,5-14H2,1-4H3,(H,28,29)/t15-,16-,17-,18-,19?,20?,21+,23?,24-,25-,26-/m1/s1/i1D3,5D/t5?,15-,16-,17-,18-,19?,20?,21+,23?,24-,25-,26-. The summed E-state index contributed by atoms with van der Waals surface area (Å²) in [4.78, 5) is 11.2. The SMILES string of the molecule is [2H]C([C@H]1[C@@H](O)C2C3CC[C@H]([C@H](C)CCC(=O)O)[C@@]3(C)CCC2[C@@]2(C)CC[C@@H](O)C[C@@H]12)C([2H])([2H])[2H]. The van der Waals surface area contributed by atoms with Gasteiger partial charge in [0.05, 0.1) is 12.2 Å². The summed E-state index contributed by atoms with van der Waals surface area (Å²) >= 11 is 0. The van der Waals surface area contributed by atoms with Gasteiger partial charge in [-0.3, -0.25) is 4.79 Å². The highest BCUT2D eigenvalue weighted by Gasteiger charge is 2.64. The number of aliphatic hydroxyl groups excluding tert-OH is 2. The van der Waals surface area contributed by atoms with Gasteiger partial charge in [0.2, 0.25) is 0 Å². The van der Waals surface area contributed by atoms with Crippen LogP contribution in [0.25, 0.3) is 0 Å². The van der Waals surface area contributed by atoms with Crippen molar-refractivity contribution < 1.29 is 25.6 Å². The van der Waals surface area contributed by atoms with Crippen molar-refractivity contribution in [2.24, 2.45) is 52.3 Å². The van der Waals surface area contributed by atoms with Gasteiger partial charge in [-0.15, -0.1) is 0 Å². The van der Waals surface area contributed by atoms with E-state index in [-0.39, 0.29) is 40.9 Å². The van der Waals surface area contributed by atoms with Gasteiger partial charge in [-0.2, -0.15) is 0 Å². The van der Waals surface area contributed by atoms with E-state index in [9.17, 15) is 20.1 Å². The summed E-state index contributed by atoms with van der Waals surface area (Å²) in [5, 5.41) is 31.5. The molecular weight excluding hydrogens is 376 g/mol. The van der Waals surface area contributed by atoms with E-state index in [4.69, 9.17) is 5.48 Å². The molecule has 0 radical (unpaired) electrons. The van der Waals surface area contributed by atoms with Gasteiger partial charge in [0.1, 0.15) is 0 Å². The molecule has 0 spiro atoms. The maximum Gasteiger partial charge on any atom is 0.303 e. The molecule has 0 saturated heterocycles. The molecular formula is C26H44O4. The van der Waals surface area contributed by atoms with Gasteiger partial charge in [0, 0.05) is 11.9 Å². The van der Waals surface area contributed by atoms with E-state index in [1.54, 1.807) is 0 Å². The fourth-order valence-corrected chi connectivity index (χ4v) is 9.08. The van der Waals surface area contributed by atoms with Gasteiger partial charge >= 0.3 is 5.97 Å². The minimum Gasteiger partial charge on any atom is -0.481 e. The van der Waals surface area contributed by atoms with Gasteiger partial charge in [0.15, 0.2) is 0 Å². The molecule has 0 amide bonds. The smallest absolute Gasteiger partial charge is 0.303 e. The lowest BCUT2D eigenvalue weighted by Crippen LogP contribution is -2.62. The fraction of sp³-hybridized carbons (Fsp3) is 0.962. The Labute approximate surface area is 188 Å². The molecule has 4 aliphatic rings. The second kappa shape index (κ2) is 8.06. The third-order valence-corrected chi connectivity index (χ3v) is 10.6. The van der Waals surface area contributed by atoms with Crippen LogP contribution in [0, 0.1) is 52.3 Å². The topological polar surface area (TPSA) is 77.8 Å². The van der Waals surface area contributed by atoms with Crippen LogP contribution in [0.5, 0.6) is 0 Å². The first-order chi connectivity index (χ1) is 15.7. The van der Waals surface area contributed by atoms with Crippen molar-refractivity contribution >= 4 is 5.97 Å². The van der Waals surface area contributed by atoms with Gasteiger partial charge < -0.3 is 15.3 Å². The van der Waals surface area contributed by atoms with Crippen LogP contribution in [-0.2, 0) is 4.79 Å². The Morgan fingerprint density at radius 1 is 1.10 bits per heavy atom. The van der Waals surface area contributed by atoms with Crippen LogP contribution >= 0.6 is 0 Å². The van der Waals surface area contributed by atoms with Crippen LogP contribution < -0.4 is 0 Å². The van der Waals surface area contributed by atoms with Crippen molar-refractivity contribution in [2.45, 2.75) is 104 Å². The maximum absolute atomic E-state index is 11.9. The predicted octanol–water partition coefficient (Wildman–Crippen LogP) is 5.11. The van der Waals surface area contributed by atoms with Gasteiger partial charge in [-0.1, -0.05) is 34.0 Å². The highest BCUT2D eigenvalue weighted by atomic mass is 16.4. The average molecular weight is 425 g/mol. The van der Waals surface area contributed by atoms with E-state index in [1.807, 2.05) is 0 Å². The number of rotatable bonds is 5. The molecule has 4 nitrogen and oxygen atoms in total. The van der Waals surface area contributed by atoms with Crippen molar-refractivity contribution in [2.75, 3.05) is 0 Å². The molecule has 0 aliphatic heterocycles. The van der Waals surface area contributed by atoms with Crippen LogP contribution in [0.15, 0.2) is 0 Å². The lowest BCUT2D eigenvalue weighted by atomic mass is 9.41. The van der Waals surface area contributed by atoms with Crippen molar-refractivity contribution in [3.05, 3.63) is 0 Å². The number of aliphatic hydroxyl groups is 2. The number of carbonyl (C=O) groups is 1. The summed E-state index contributed by atoms with van der Waals surface area (Å²) in [6.45, 7) is 4.27. The molecule has 0 aromatic rings. The molecule has 0 bridgehead atoms. The molecule has 0 aromatic carbocycles. The summed E-state index contributed by atoms with van der Waals surface area (Å²) < 4.78 is 32.7. The molecule has 4 heteroatoms. The van der Waals surface area contributed by atoms with Crippen LogP contribution in [0.4, 0.5) is 0 Å². The van der Waals surface area contributed by atoms with Crippen LogP contribution in [0.2, 0.25) is 0 Å². The monoisotopic (exact) mass is 424 g/mol. The first kappa shape index (κ1) is 17.9. The Hall–Kier alpha value is -0.610. The van der Waals surface area contributed by atoms with E-state index < -0.39 is 37.3 Å². The normalized spacial score (nSPS) is 55.0. The number of hydrogen-bond donors (Lipinski definition) is 3. The fourth-order valence-electron chi connectivity index (χ4n) is 9.08. The zero-order valence-electron chi connectivity index (χ0n) is 22.9. The Morgan fingerprint density at radius 3 is 2.50 bits per heavy atom. The minimum absolute atomic E-state index is 0.000496. The highest BCUT2D eigenvalue weighted by Crippen LogP contribution is 2.69. The molecule has 0 aromatic heterocycles. The quantitative estimate of drug-likeness (QED) is 0.573. The number of aliphatic carboxylic acids is 1. The van der Waals surface area contributed by atoms with E-state index in [0.717, 1.165) is 32.1 Å². The van der Waals surface area contributed by atoms with Crippen molar-refractivity contribution in [1.82, 2.24) is 0 Å². The summed E-state index contributed by atoms with van der Waals surface area (Å²) in [6, 6.07) is 0. The second-order valence-electron chi connectivity index (χ2n) is 11.7. The number of carboxylic acids is 1. The summed E-state index contributed by atoms with van der Waals surface area (Å²) in [5.41, 5.74) is -0.174. The third-order valence-electron chi connectivity index (χ3n) is 10.6. The van der Waals surface area contributed by atoms with Crippen LogP contribution in [0.1, 0.15) is 97.3 Å². The predicted molar refractivity (Wildman–Crippen MR) is 118 cm³/mol. The van der Waals surface area contributed by atoms with Gasteiger partial charge in [-0.25, -0.2) is 0 Å². The maximum atomic E-state index is 11.9. The van der Waals surface area contributed by atoms with Crippen LogP contribution in [-0.4, -0.2) is 33.5 Å². The lowest BCUT2D eigenvalue weighted by molar-refractivity contribution is -0.203. The van der Waals surface area contributed by atoms with E-state index in [0.29, 0.717) is 31.1 Å². The van der Waals surface area contributed by atoms with Crippen molar-refractivity contribution in [3.8, 4) is 0 Å². The Bertz CT molecular complexity index is 774. The minimum atomic E-state index is -2.47.